The van der Waals surface area contributed by atoms with Crippen LogP contribution in [0, 0.1) is 0 Å². The van der Waals surface area contributed by atoms with E-state index in [4.69, 9.17) is 5.73 Å². The summed E-state index contributed by atoms with van der Waals surface area (Å²) in [4.78, 5) is 2.30. The van der Waals surface area contributed by atoms with E-state index in [1.54, 1.807) is 0 Å². The van der Waals surface area contributed by atoms with E-state index >= 15 is 0 Å². The summed E-state index contributed by atoms with van der Waals surface area (Å²) in [5.41, 5.74) is 10.8. The smallest absolute Gasteiger partial charge is 0.151 e. The molecule has 2 heterocycles. The SMILES string of the molecule is CCc1nn(C)c(N2Cc3ccccc3C2)c1N. The summed E-state index contributed by atoms with van der Waals surface area (Å²) in [5, 5.41) is 4.49. The van der Waals surface area contributed by atoms with Crippen molar-refractivity contribution in [3.8, 4) is 0 Å². The highest BCUT2D eigenvalue weighted by Crippen LogP contribution is 2.33. The number of nitrogens with zero attached hydrogens (tertiary/aromatic N) is 3. The van der Waals surface area contributed by atoms with Crippen molar-refractivity contribution in [1.29, 1.82) is 0 Å². The molecular formula is C14H18N4. The zero-order chi connectivity index (χ0) is 12.7. The number of aromatic nitrogens is 2. The highest BCUT2D eigenvalue weighted by Gasteiger charge is 2.24. The molecule has 1 aromatic heterocycles. The zero-order valence-corrected chi connectivity index (χ0v) is 10.8. The van der Waals surface area contributed by atoms with E-state index in [0.717, 1.165) is 36.7 Å². The van der Waals surface area contributed by atoms with Crippen molar-refractivity contribution in [3.05, 3.63) is 41.1 Å². The van der Waals surface area contributed by atoms with E-state index in [1.165, 1.54) is 11.1 Å². The van der Waals surface area contributed by atoms with Gasteiger partial charge in [0.2, 0.25) is 0 Å². The number of aryl methyl sites for hydroxylation is 2. The van der Waals surface area contributed by atoms with Crippen LogP contribution in [0.4, 0.5) is 11.5 Å². The number of anilines is 2. The van der Waals surface area contributed by atoms with Gasteiger partial charge in [-0.25, -0.2) is 0 Å². The number of nitrogens with two attached hydrogens (primary N) is 1. The molecule has 0 fully saturated rings. The van der Waals surface area contributed by atoms with Gasteiger partial charge in [0, 0.05) is 20.1 Å². The van der Waals surface area contributed by atoms with E-state index < -0.39 is 0 Å². The maximum absolute atomic E-state index is 6.20. The molecule has 1 aromatic carbocycles. The van der Waals surface area contributed by atoms with Crippen molar-refractivity contribution >= 4 is 11.5 Å². The molecule has 0 saturated heterocycles. The summed E-state index contributed by atoms with van der Waals surface area (Å²) in [6.07, 6.45) is 0.875. The molecule has 0 bridgehead atoms. The molecule has 0 unspecified atom stereocenters. The molecule has 1 aliphatic heterocycles. The predicted octanol–water partition coefficient (Wildman–Crippen LogP) is 2.08. The van der Waals surface area contributed by atoms with Crippen molar-refractivity contribution < 1.29 is 0 Å². The first-order valence-corrected chi connectivity index (χ1v) is 6.33. The van der Waals surface area contributed by atoms with Crippen LogP contribution < -0.4 is 10.6 Å². The molecule has 94 valence electrons. The molecule has 1 aliphatic rings. The fourth-order valence-corrected chi connectivity index (χ4v) is 2.70. The number of hydrogen-bond donors (Lipinski definition) is 1. The molecule has 4 nitrogen and oxygen atoms in total. The van der Waals surface area contributed by atoms with Gasteiger partial charge in [0.1, 0.15) is 0 Å². The summed E-state index contributed by atoms with van der Waals surface area (Å²) in [6.45, 7) is 3.92. The molecule has 0 amide bonds. The number of nitrogen functional groups attached to an aromatic ring is 1. The minimum atomic E-state index is 0.827. The van der Waals surface area contributed by atoms with Crippen LogP contribution >= 0.6 is 0 Å². The second-order valence-electron chi connectivity index (χ2n) is 4.79. The molecule has 2 aromatic rings. The van der Waals surface area contributed by atoms with Gasteiger partial charge in [-0.2, -0.15) is 5.10 Å². The first-order valence-electron chi connectivity index (χ1n) is 6.33. The van der Waals surface area contributed by atoms with Gasteiger partial charge >= 0.3 is 0 Å². The second-order valence-corrected chi connectivity index (χ2v) is 4.79. The number of fused-ring (bicyclic) bond motifs is 1. The quantitative estimate of drug-likeness (QED) is 0.877. The van der Waals surface area contributed by atoms with E-state index in [9.17, 15) is 0 Å². The fourth-order valence-electron chi connectivity index (χ4n) is 2.70. The lowest BCUT2D eigenvalue weighted by molar-refractivity contribution is 0.710. The van der Waals surface area contributed by atoms with Crippen molar-refractivity contribution in [2.75, 3.05) is 10.6 Å². The Bertz CT molecular complexity index is 560. The summed E-state index contributed by atoms with van der Waals surface area (Å²) in [5.74, 6) is 1.04. The third-order valence-corrected chi connectivity index (χ3v) is 3.60. The largest absolute Gasteiger partial charge is 0.394 e. The van der Waals surface area contributed by atoms with Crippen LogP contribution in [0.1, 0.15) is 23.7 Å². The first kappa shape index (κ1) is 11.1. The van der Waals surface area contributed by atoms with Crippen LogP contribution in [0.2, 0.25) is 0 Å². The molecule has 18 heavy (non-hydrogen) atoms. The maximum atomic E-state index is 6.20. The van der Waals surface area contributed by atoms with Gasteiger partial charge in [-0.15, -0.1) is 0 Å². The van der Waals surface area contributed by atoms with Gasteiger partial charge in [0.25, 0.3) is 0 Å². The van der Waals surface area contributed by atoms with E-state index in [0.29, 0.717) is 0 Å². The van der Waals surface area contributed by atoms with Crippen LogP contribution in [-0.2, 0) is 26.6 Å². The summed E-state index contributed by atoms with van der Waals surface area (Å²) < 4.78 is 1.90. The summed E-state index contributed by atoms with van der Waals surface area (Å²) in [7, 11) is 1.97. The van der Waals surface area contributed by atoms with Gasteiger partial charge in [0.05, 0.1) is 11.4 Å². The standard InChI is InChI=1S/C14H18N4/c1-3-12-13(15)14(17(2)16-12)18-8-10-6-4-5-7-11(10)9-18/h4-7H,3,8-9,15H2,1-2H3. The Morgan fingerprint density at radius 3 is 2.33 bits per heavy atom. The Labute approximate surface area is 107 Å². The molecule has 3 rings (SSSR count). The third-order valence-electron chi connectivity index (χ3n) is 3.60. The minimum Gasteiger partial charge on any atom is -0.394 e. The average molecular weight is 242 g/mol. The van der Waals surface area contributed by atoms with E-state index in [2.05, 4.69) is 41.2 Å². The summed E-state index contributed by atoms with van der Waals surface area (Å²) in [6, 6.07) is 8.55. The number of benzene rings is 1. The molecule has 2 N–H and O–H groups in total. The van der Waals surface area contributed by atoms with Crippen LogP contribution in [0.5, 0.6) is 0 Å². The van der Waals surface area contributed by atoms with Gasteiger partial charge in [-0.05, 0) is 17.5 Å². The normalized spacial score (nSPS) is 14.0. The van der Waals surface area contributed by atoms with Crippen molar-refractivity contribution in [1.82, 2.24) is 9.78 Å². The Hall–Kier alpha value is -1.97. The fraction of sp³-hybridized carbons (Fsp3) is 0.357. The topological polar surface area (TPSA) is 47.1 Å². The Balaban J connectivity index is 1.97. The molecule has 0 saturated carbocycles. The lowest BCUT2D eigenvalue weighted by Gasteiger charge is -2.18. The molecule has 0 atom stereocenters. The predicted molar refractivity (Wildman–Crippen MR) is 73.3 cm³/mol. The monoisotopic (exact) mass is 242 g/mol. The Kier molecular flexibility index (Phi) is 2.51. The van der Waals surface area contributed by atoms with E-state index in [1.807, 2.05) is 11.7 Å². The molecule has 0 aliphatic carbocycles. The number of rotatable bonds is 2. The van der Waals surface area contributed by atoms with Gasteiger partial charge in [-0.1, -0.05) is 31.2 Å². The zero-order valence-electron chi connectivity index (χ0n) is 10.8. The van der Waals surface area contributed by atoms with Crippen molar-refractivity contribution in [2.24, 2.45) is 7.05 Å². The average Bonchev–Trinajstić information content (AvgIpc) is 2.89. The highest BCUT2D eigenvalue weighted by atomic mass is 15.4. The Morgan fingerprint density at radius 1 is 1.22 bits per heavy atom. The lowest BCUT2D eigenvalue weighted by atomic mass is 10.1. The lowest BCUT2D eigenvalue weighted by Crippen LogP contribution is -2.19. The number of hydrogen-bond acceptors (Lipinski definition) is 3. The molecular weight excluding hydrogens is 224 g/mol. The Morgan fingerprint density at radius 2 is 1.83 bits per heavy atom. The highest BCUT2D eigenvalue weighted by molar-refractivity contribution is 5.67. The second kappa shape index (κ2) is 4.05. The molecule has 0 spiro atoms. The minimum absolute atomic E-state index is 0.827. The molecule has 4 heteroatoms. The van der Waals surface area contributed by atoms with Gasteiger partial charge in [0.15, 0.2) is 5.82 Å². The van der Waals surface area contributed by atoms with Crippen LogP contribution in [-0.4, -0.2) is 9.78 Å². The van der Waals surface area contributed by atoms with Crippen LogP contribution in [0.25, 0.3) is 0 Å². The summed E-state index contributed by atoms with van der Waals surface area (Å²) >= 11 is 0. The van der Waals surface area contributed by atoms with Crippen LogP contribution in [0.3, 0.4) is 0 Å². The van der Waals surface area contributed by atoms with Gasteiger partial charge < -0.3 is 10.6 Å². The van der Waals surface area contributed by atoms with Crippen LogP contribution in [0.15, 0.2) is 24.3 Å². The third kappa shape index (κ3) is 1.56. The first-order chi connectivity index (χ1) is 8.70. The van der Waals surface area contributed by atoms with E-state index in [-0.39, 0.29) is 0 Å². The van der Waals surface area contributed by atoms with Crippen molar-refractivity contribution in [2.45, 2.75) is 26.4 Å². The maximum Gasteiger partial charge on any atom is 0.151 e. The van der Waals surface area contributed by atoms with Gasteiger partial charge in [-0.3, -0.25) is 4.68 Å². The molecule has 0 radical (unpaired) electrons. The van der Waals surface area contributed by atoms with Crippen molar-refractivity contribution in [3.63, 3.8) is 0 Å².